The summed E-state index contributed by atoms with van der Waals surface area (Å²) in [5.41, 5.74) is -0.372. The second-order valence-electron chi connectivity index (χ2n) is 8.64. The molecule has 28 heavy (non-hydrogen) atoms. The second-order valence-corrected chi connectivity index (χ2v) is 9.65. The van der Waals surface area contributed by atoms with Crippen molar-refractivity contribution in [3.05, 3.63) is 22.5 Å². The fourth-order valence-corrected chi connectivity index (χ4v) is 3.90. The second kappa shape index (κ2) is 7.80. The van der Waals surface area contributed by atoms with Gasteiger partial charge in [0.1, 0.15) is 12.0 Å². The van der Waals surface area contributed by atoms with Gasteiger partial charge in [0.15, 0.2) is 0 Å². The van der Waals surface area contributed by atoms with E-state index in [1.54, 1.807) is 0 Å². The van der Waals surface area contributed by atoms with Crippen molar-refractivity contribution in [3.63, 3.8) is 0 Å². The molecule has 1 atom stereocenters. The third-order valence-corrected chi connectivity index (χ3v) is 6.69. The summed E-state index contributed by atoms with van der Waals surface area (Å²) in [4.78, 5) is 13.8. The number of allylic oxidation sites excluding steroid dienone is 2. The van der Waals surface area contributed by atoms with Gasteiger partial charge in [-0.1, -0.05) is 6.08 Å². The van der Waals surface area contributed by atoms with E-state index in [4.69, 9.17) is 18.8 Å². The Balaban J connectivity index is 1.73. The molecule has 1 aliphatic carbocycles. The predicted molar refractivity (Wildman–Crippen MR) is 109 cm³/mol. The van der Waals surface area contributed by atoms with Crippen LogP contribution in [0.4, 0.5) is 0 Å². The molecule has 1 aliphatic heterocycles. The number of hydrogen-bond donors (Lipinski definition) is 0. The summed E-state index contributed by atoms with van der Waals surface area (Å²) in [6, 6.07) is 1.89. The maximum Gasteiger partial charge on any atom is 0.490 e. The van der Waals surface area contributed by atoms with E-state index in [-0.39, 0.29) is 30.9 Å². The van der Waals surface area contributed by atoms with Crippen LogP contribution in [0, 0.1) is 12.3 Å². The van der Waals surface area contributed by atoms with Crippen LogP contribution in [0.5, 0.6) is 5.88 Å². The van der Waals surface area contributed by atoms with E-state index in [0.717, 1.165) is 10.3 Å². The largest absolute Gasteiger partial charge is 0.490 e. The van der Waals surface area contributed by atoms with E-state index >= 15 is 0 Å². The van der Waals surface area contributed by atoms with Gasteiger partial charge in [0.2, 0.25) is 5.88 Å². The van der Waals surface area contributed by atoms with Gasteiger partial charge in [0.05, 0.1) is 17.8 Å². The van der Waals surface area contributed by atoms with Crippen molar-refractivity contribution in [2.45, 2.75) is 72.0 Å². The van der Waals surface area contributed by atoms with Crippen LogP contribution in [-0.4, -0.2) is 41.9 Å². The molecule has 2 aliphatic rings. The number of rotatable bonds is 6. The van der Waals surface area contributed by atoms with Crippen LogP contribution in [0.3, 0.4) is 0 Å². The Hall–Kier alpha value is -1.38. The molecule has 1 fully saturated rings. The van der Waals surface area contributed by atoms with Gasteiger partial charge in [0, 0.05) is 10.9 Å². The summed E-state index contributed by atoms with van der Waals surface area (Å²) >= 11 is 1.39. The minimum absolute atomic E-state index is 0.217. The van der Waals surface area contributed by atoms with Crippen LogP contribution in [-0.2, 0) is 18.8 Å². The lowest BCUT2D eigenvalue weighted by molar-refractivity contribution is -0.158. The Morgan fingerprint density at radius 1 is 1.29 bits per heavy atom. The monoisotopic (exact) mass is 407 g/mol. The van der Waals surface area contributed by atoms with Crippen LogP contribution in [0.2, 0.25) is 0 Å². The summed E-state index contributed by atoms with van der Waals surface area (Å²) < 4.78 is 27.8. The summed E-state index contributed by atoms with van der Waals surface area (Å²) in [5.74, 6) is 0.345. The zero-order chi connectivity index (χ0) is 20.6. The number of aryl methyl sites for hydroxylation is 1. The van der Waals surface area contributed by atoms with Crippen LogP contribution in [0.25, 0.3) is 0 Å². The number of hydrogen-bond acceptors (Lipinski definition) is 7. The highest BCUT2D eigenvalue weighted by Crippen LogP contribution is 2.43. The first-order valence-corrected chi connectivity index (χ1v) is 10.6. The van der Waals surface area contributed by atoms with Gasteiger partial charge < -0.3 is 18.8 Å². The van der Waals surface area contributed by atoms with Crippen LogP contribution in [0.15, 0.2) is 17.6 Å². The number of ether oxygens (including phenoxy) is 2. The molecule has 3 rings (SSSR count). The first-order valence-electron chi connectivity index (χ1n) is 9.86. The molecule has 0 bridgehead atoms. The maximum absolute atomic E-state index is 12.8. The molecule has 1 aromatic heterocycles. The van der Waals surface area contributed by atoms with Crippen molar-refractivity contribution in [3.8, 4) is 5.88 Å². The minimum atomic E-state index is -0.708. The van der Waals surface area contributed by atoms with Crippen molar-refractivity contribution in [2.75, 3.05) is 13.2 Å². The van der Waals surface area contributed by atoms with Crippen molar-refractivity contribution in [2.24, 2.45) is 5.41 Å². The molecular formula is C20H30BNO5S. The van der Waals surface area contributed by atoms with E-state index in [9.17, 15) is 4.79 Å². The summed E-state index contributed by atoms with van der Waals surface area (Å²) in [5, 5.41) is 0. The van der Waals surface area contributed by atoms with E-state index in [1.807, 2.05) is 47.6 Å². The van der Waals surface area contributed by atoms with Gasteiger partial charge in [-0.25, -0.2) is 0 Å². The molecule has 0 aromatic carbocycles. The predicted octanol–water partition coefficient (Wildman–Crippen LogP) is 4.12. The molecule has 0 saturated carbocycles. The number of esters is 1. The first-order chi connectivity index (χ1) is 13.1. The van der Waals surface area contributed by atoms with Gasteiger partial charge >= 0.3 is 13.1 Å². The Morgan fingerprint density at radius 3 is 2.46 bits per heavy atom. The fourth-order valence-electron chi connectivity index (χ4n) is 3.41. The maximum atomic E-state index is 12.8. The first kappa shape index (κ1) is 21.3. The van der Waals surface area contributed by atoms with Gasteiger partial charge in [-0.2, -0.15) is 4.37 Å². The highest BCUT2D eigenvalue weighted by molar-refractivity contribution is 7.05. The molecule has 1 unspecified atom stereocenters. The van der Waals surface area contributed by atoms with Crippen molar-refractivity contribution >= 4 is 24.6 Å². The average molecular weight is 407 g/mol. The van der Waals surface area contributed by atoms with E-state index in [0.29, 0.717) is 31.7 Å². The summed E-state index contributed by atoms with van der Waals surface area (Å²) in [6.07, 6.45) is 3.94. The zero-order valence-electron chi connectivity index (χ0n) is 17.7. The Morgan fingerprint density at radius 2 is 1.96 bits per heavy atom. The third-order valence-electron chi connectivity index (χ3n) is 6.01. The highest BCUT2D eigenvalue weighted by Gasteiger charge is 2.53. The lowest BCUT2D eigenvalue weighted by Crippen LogP contribution is -2.41. The van der Waals surface area contributed by atoms with Crippen molar-refractivity contribution in [1.82, 2.24) is 4.37 Å². The topological polar surface area (TPSA) is 66.9 Å². The molecule has 1 saturated heterocycles. The fraction of sp³-hybridized carbons (Fsp3) is 0.700. The third kappa shape index (κ3) is 4.14. The molecule has 1 aromatic rings. The van der Waals surface area contributed by atoms with Gasteiger partial charge in [0.25, 0.3) is 0 Å². The van der Waals surface area contributed by atoms with Crippen molar-refractivity contribution < 1.29 is 23.6 Å². The Bertz CT molecular complexity index is 744. The molecule has 0 N–H and O–H groups in total. The molecule has 2 heterocycles. The SMILES string of the molecule is CCOC(=O)C1(COc2cc(C)sn2)CC=C(B2OC(C)(C)C(C)(C)O2)CC1. The van der Waals surface area contributed by atoms with Gasteiger partial charge in [-0.15, -0.1) is 0 Å². The van der Waals surface area contributed by atoms with Crippen LogP contribution >= 0.6 is 11.5 Å². The number of carbonyl (C=O) groups is 1. The lowest BCUT2D eigenvalue weighted by atomic mass is 9.66. The number of nitrogens with zero attached hydrogens (tertiary/aromatic N) is 1. The molecule has 0 spiro atoms. The molecular weight excluding hydrogens is 377 g/mol. The molecule has 8 heteroatoms. The Kier molecular flexibility index (Phi) is 5.95. The average Bonchev–Trinajstić information content (AvgIpc) is 3.13. The van der Waals surface area contributed by atoms with Crippen LogP contribution < -0.4 is 4.74 Å². The van der Waals surface area contributed by atoms with E-state index < -0.39 is 5.41 Å². The molecule has 6 nitrogen and oxygen atoms in total. The lowest BCUT2D eigenvalue weighted by Gasteiger charge is -2.34. The molecule has 0 radical (unpaired) electrons. The molecule has 154 valence electrons. The van der Waals surface area contributed by atoms with Gasteiger partial charge in [-0.3, -0.25) is 4.79 Å². The van der Waals surface area contributed by atoms with Crippen molar-refractivity contribution in [1.29, 1.82) is 0 Å². The van der Waals surface area contributed by atoms with E-state index in [1.165, 1.54) is 11.5 Å². The normalized spacial score (nSPS) is 26.1. The summed E-state index contributed by atoms with van der Waals surface area (Å²) in [6.45, 7) is 12.6. The molecule has 0 amide bonds. The zero-order valence-corrected chi connectivity index (χ0v) is 18.5. The minimum Gasteiger partial charge on any atom is -0.476 e. The number of carbonyl (C=O) groups excluding carboxylic acids is 1. The Labute approximate surface area is 171 Å². The summed E-state index contributed by atoms with van der Waals surface area (Å²) in [7, 11) is -0.368. The van der Waals surface area contributed by atoms with Crippen LogP contribution in [0.1, 0.15) is 58.8 Å². The number of aromatic nitrogens is 1. The highest BCUT2D eigenvalue weighted by atomic mass is 32.1. The van der Waals surface area contributed by atoms with Gasteiger partial charge in [-0.05, 0) is 77.8 Å². The quantitative estimate of drug-likeness (QED) is 0.522. The smallest absolute Gasteiger partial charge is 0.476 e. The van der Waals surface area contributed by atoms with E-state index in [2.05, 4.69) is 10.4 Å². The standard InChI is InChI=1S/C20H30BNO5S/c1-7-24-17(23)20(13-25-16-12-14(2)28-22-16)10-8-15(9-11-20)21-26-18(3,4)19(5,6)27-21/h8,12H,7,9-11,13H2,1-6H3.